The van der Waals surface area contributed by atoms with E-state index in [1.54, 1.807) is 0 Å². The lowest BCUT2D eigenvalue weighted by Gasteiger charge is -2.26. The minimum Gasteiger partial charge on any atom is -0.391 e. The highest BCUT2D eigenvalue weighted by Gasteiger charge is 2.27. The Bertz CT molecular complexity index is 571. The number of phosphoric acid groups is 1. The summed E-state index contributed by atoms with van der Waals surface area (Å²) in [4.78, 5) is 21.4. The van der Waals surface area contributed by atoms with Gasteiger partial charge in [0.05, 0.1) is 39.9 Å². The zero-order valence-corrected chi connectivity index (χ0v) is 24.2. The number of likely N-dealkylation sites (N-methyl/N-ethyl adjacent to an activating group) is 1. The van der Waals surface area contributed by atoms with E-state index in [1.165, 1.54) is 77.6 Å². The van der Waals surface area contributed by atoms with Crippen molar-refractivity contribution in [1.29, 1.82) is 0 Å². The number of rotatable bonds is 24. The van der Waals surface area contributed by atoms with Crippen LogP contribution in [0, 0.1) is 0 Å². The monoisotopic (exact) mass is 523 g/mol. The highest BCUT2D eigenvalue weighted by molar-refractivity contribution is 7.47. The first-order valence-corrected chi connectivity index (χ1v) is 15.3. The Morgan fingerprint density at radius 2 is 1.31 bits per heavy atom. The fourth-order valence-electron chi connectivity index (χ4n) is 3.90. The van der Waals surface area contributed by atoms with E-state index < -0.39 is 20.0 Å². The van der Waals surface area contributed by atoms with Crippen molar-refractivity contribution in [2.45, 2.75) is 122 Å². The Morgan fingerprint density at radius 1 is 0.857 bits per heavy atom. The molecule has 0 aliphatic heterocycles. The van der Waals surface area contributed by atoms with Crippen molar-refractivity contribution < 1.29 is 32.9 Å². The van der Waals surface area contributed by atoms with E-state index in [2.05, 4.69) is 12.2 Å². The maximum atomic E-state index is 12.1. The van der Waals surface area contributed by atoms with Gasteiger partial charge in [-0.3, -0.25) is 13.8 Å². The third-order valence-corrected chi connectivity index (χ3v) is 7.12. The van der Waals surface area contributed by atoms with Crippen molar-refractivity contribution in [2.75, 3.05) is 40.9 Å². The van der Waals surface area contributed by atoms with Gasteiger partial charge in [-0.1, -0.05) is 96.8 Å². The van der Waals surface area contributed by atoms with E-state index in [9.17, 15) is 19.4 Å². The van der Waals surface area contributed by atoms with E-state index in [0.29, 0.717) is 17.4 Å². The zero-order valence-electron chi connectivity index (χ0n) is 23.3. The average molecular weight is 524 g/mol. The summed E-state index contributed by atoms with van der Waals surface area (Å²) < 4.78 is 22.8. The number of aliphatic hydroxyl groups excluding tert-OH is 1. The number of aliphatic hydroxyl groups is 1. The molecule has 3 N–H and O–H groups in total. The van der Waals surface area contributed by atoms with Crippen LogP contribution in [0.3, 0.4) is 0 Å². The van der Waals surface area contributed by atoms with Gasteiger partial charge in [-0.2, -0.15) is 0 Å². The number of nitrogens with zero attached hydrogens (tertiary/aromatic N) is 1. The number of carbonyl (C=O) groups is 1. The molecule has 0 saturated carbocycles. The summed E-state index contributed by atoms with van der Waals surface area (Å²) in [5.74, 6) is -0.322. The van der Waals surface area contributed by atoms with Gasteiger partial charge in [-0.25, -0.2) is 4.57 Å². The molecule has 0 aromatic rings. The van der Waals surface area contributed by atoms with Crippen LogP contribution < -0.4 is 5.32 Å². The first-order valence-electron chi connectivity index (χ1n) is 13.8. The summed E-state index contributed by atoms with van der Waals surface area (Å²) in [6.07, 6.45) is 17.3. The van der Waals surface area contributed by atoms with E-state index in [-0.39, 0.29) is 19.1 Å². The second-order valence-corrected chi connectivity index (χ2v) is 12.3. The summed E-state index contributed by atoms with van der Waals surface area (Å²) in [6, 6.07) is -0.753. The first-order chi connectivity index (χ1) is 16.5. The number of hydrogen-bond acceptors (Lipinski definition) is 5. The van der Waals surface area contributed by atoms with Gasteiger partial charge < -0.3 is 19.8 Å². The zero-order chi connectivity index (χ0) is 26.6. The van der Waals surface area contributed by atoms with Crippen LogP contribution in [0.15, 0.2) is 0 Å². The number of unbranched alkanes of at least 4 members (excludes halogenated alkanes) is 13. The van der Waals surface area contributed by atoms with Gasteiger partial charge in [-0.15, -0.1) is 0 Å². The van der Waals surface area contributed by atoms with Gasteiger partial charge in [0.15, 0.2) is 0 Å². The standard InChI is InChI=1S/C26H55N2O6P/c1-6-7-8-9-10-11-12-13-14-15-16-17-18-19-20-26(30)25(27-24(2)29)23-34-35(31,32)33-22-21-28(3,4)5/h25-26,30H,6-23H2,1-5H3,(H-,27,29,31,32)/p+1. The molecule has 3 unspecified atom stereocenters. The van der Waals surface area contributed by atoms with Crippen LogP contribution in [0.2, 0.25) is 0 Å². The van der Waals surface area contributed by atoms with E-state index in [1.807, 2.05) is 21.1 Å². The lowest BCUT2D eigenvalue weighted by atomic mass is 10.0. The molecule has 0 rings (SSSR count). The fraction of sp³-hybridized carbons (Fsp3) is 0.962. The van der Waals surface area contributed by atoms with Gasteiger partial charge in [0, 0.05) is 6.92 Å². The average Bonchev–Trinajstić information content (AvgIpc) is 2.75. The highest BCUT2D eigenvalue weighted by atomic mass is 31.2. The Hall–Kier alpha value is -0.500. The number of quaternary nitrogens is 1. The third-order valence-electron chi connectivity index (χ3n) is 6.14. The van der Waals surface area contributed by atoms with Gasteiger partial charge in [0.25, 0.3) is 0 Å². The third kappa shape index (κ3) is 23.6. The lowest BCUT2D eigenvalue weighted by Crippen LogP contribution is -2.45. The topological polar surface area (TPSA) is 105 Å². The summed E-state index contributed by atoms with van der Waals surface area (Å²) in [5.41, 5.74) is 0. The normalized spacial score (nSPS) is 15.5. The molecule has 8 nitrogen and oxygen atoms in total. The summed E-state index contributed by atoms with van der Waals surface area (Å²) >= 11 is 0. The fourth-order valence-corrected chi connectivity index (χ4v) is 4.64. The van der Waals surface area contributed by atoms with Crippen LogP contribution in [0.1, 0.15) is 110 Å². The Balaban J connectivity index is 3.99. The molecule has 3 atom stereocenters. The molecule has 0 spiro atoms. The van der Waals surface area contributed by atoms with E-state index in [4.69, 9.17) is 9.05 Å². The van der Waals surface area contributed by atoms with Crippen molar-refractivity contribution in [1.82, 2.24) is 5.32 Å². The molecule has 35 heavy (non-hydrogen) atoms. The lowest BCUT2D eigenvalue weighted by molar-refractivity contribution is -0.870. The molecule has 9 heteroatoms. The Labute approximate surface area is 215 Å². The smallest absolute Gasteiger partial charge is 0.391 e. The van der Waals surface area contributed by atoms with Crippen LogP contribution in [-0.2, 0) is 18.4 Å². The molecule has 0 aromatic heterocycles. The van der Waals surface area contributed by atoms with Crippen molar-refractivity contribution >= 4 is 13.7 Å². The summed E-state index contributed by atoms with van der Waals surface area (Å²) in [6.45, 7) is 3.94. The second kappa shape index (κ2) is 20.5. The van der Waals surface area contributed by atoms with E-state index in [0.717, 1.165) is 19.3 Å². The molecule has 0 aromatic carbocycles. The summed E-state index contributed by atoms with van der Waals surface area (Å²) in [7, 11) is 1.60. The van der Waals surface area contributed by atoms with E-state index >= 15 is 0 Å². The predicted molar refractivity (Wildman–Crippen MR) is 143 cm³/mol. The molecule has 210 valence electrons. The molecular formula is C26H56N2O6P+. The van der Waals surface area contributed by atoms with Crippen LogP contribution in [0.5, 0.6) is 0 Å². The number of amides is 1. The molecule has 0 fully saturated rings. The van der Waals surface area contributed by atoms with Crippen LogP contribution in [0.25, 0.3) is 0 Å². The van der Waals surface area contributed by atoms with Crippen LogP contribution in [0.4, 0.5) is 0 Å². The SMILES string of the molecule is CCCCCCCCCCCCCCCCC(O)C(COP(=O)(O)OCC[N+](C)(C)C)NC(C)=O. The highest BCUT2D eigenvalue weighted by Crippen LogP contribution is 2.43. The Kier molecular flexibility index (Phi) is 20.3. The van der Waals surface area contributed by atoms with Gasteiger partial charge in [-0.05, 0) is 6.42 Å². The largest absolute Gasteiger partial charge is 0.472 e. The maximum absolute atomic E-state index is 12.1. The Morgan fingerprint density at radius 3 is 1.74 bits per heavy atom. The number of hydrogen-bond donors (Lipinski definition) is 3. The minimum absolute atomic E-state index is 0.0731. The number of phosphoric ester groups is 1. The minimum atomic E-state index is -4.25. The molecule has 0 aliphatic rings. The molecular weight excluding hydrogens is 467 g/mol. The maximum Gasteiger partial charge on any atom is 0.472 e. The molecule has 0 radical (unpaired) electrons. The van der Waals surface area contributed by atoms with Gasteiger partial charge in [0.2, 0.25) is 5.91 Å². The van der Waals surface area contributed by atoms with Gasteiger partial charge >= 0.3 is 7.82 Å². The van der Waals surface area contributed by atoms with Crippen molar-refractivity contribution in [3.05, 3.63) is 0 Å². The molecule has 1 amide bonds. The quantitative estimate of drug-likeness (QED) is 0.0869. The molecule has 0 aliphatic carbocycles. The van der Waals surface area contributed by atoms with Crippen molar-refractivity contribution in [3.8, 4) is 0 Å². The second-order valence-electron chi connectivity index (χ2n) is 10.9. The first kappa shape index (κ1) is 34.5. The number of carbonyl (C=O) groups excluding carboxylic acids is 1. The van der Waals surface area contributed by atoms with Crippen LogP contribution in [-0.4, -0.2) is 73.4 Å². The summed E-state index contributed by atoms with van der Waals surface area (Å²) in [5, 5.41) is 13.1. The number of nitrogens with one attached hydrogen (secondary N) is 1. The molecule has 0 bridgehead atoms. The van der Waals surface area contributed by atoms with Crippen LogP contribution >= 0.6 is 7.82 Å². The van der Waals surface area contributed by atoms with Gasteiger partial charge in [0.1, 0.15) is 13.2 Å². The van der Waals surface area contributed by atoms with Crippen molar-refractivity contribution in [3.63, 3.8) is 0 Å². The molecule has 0 heterocycles. The van der Waals surface area contributed by atoms with Crippen molar-refractivity contribution in [2.24, 2.45) is 0 Å². The molecule has 0 saturated heterocycles. The predicted octanol–water partition coefficient (Wildman–Crippen LogP) is 5.56.